The van der Waals surface area contributed by atoms with Crippen LogP contribution in [0.25, 0.3) is 0 Å². The normalized spacial score (nSPS) is 13.6. The average Bonchev–Trinajstić information content (AvgIpc) is 2.81. The number of thioether (sulfide) groups is 1. The largest absolute Gasteiger partial charge is 0.444 e. The van der Waals surface area contributed by atoms with Crippen molar-refractivity contribution in [2.45, 2.75) is 50.5 Å². The van der Waals surface area contributed by atoms with E-state index in [1.807, 2.05) is 6.26 Å². The molecular weight excluding hydrogens is 472 g/mol. The first-order chi connectivity index (χ1) is 16.6. The summed E-state index contributed by atoms with van der Waals surface area (Å²) in [4.78, 5) is 32.7. The molecule has 0 N–H and O–H groups in total. The Morgan fingerprint density at radius 3 is 2.06 bits per heavy atom. The van der Waals surface area contributed by atoms with Crippen molar-refractivity contribution in [2.24, 2.45) is 0 Å². The number of benzene rings is 2. The van der Waals surface area contributed by atoms with E-state index in [9.17, 15) is 18.4 Å². The Hall–Kier alpha value is -3.20. The van der Waals surface area contributed by atoms with E-state index in [-0.39, 0.29) is 12.1 Å². The van der Waals surface area contributed by atoms with Gasteiger partial charge in [0.25, 0.3) is 5.56 Å². The number of carbonyl (C=O) groups excluding carboxylic acids is 1. The molecule has 0 aliphatic carbocycles. The topological polar surface area (TPSA) is 64.4 Å². The summed E-state index contributed by atoms with van der Waals surface area (Å²) < 4.78 is 34.4. The van der Waals surface area contributed by atoms with Gasteiger partial charge in [-0.3, -0.25) is 9.36 Å². The molecule has 6 nitrogen and oxygen atoms in total. The van der Waals surface area contributed by atoms with Gasteiger partial charge in [-0.2, -0.15) is 0 Å². The number of rotatable bonds is 4. The maximum Gasteiger partial charge on any atom is 0.410 e. The molecule has 2 aromatic carbocycles. The molecule has 0 fully saturated rings. The van der Waals surface area contributed by atoms with Crippen LogP contribution in [0, 0.1) is 11.6 Å². The Balaban J connectivity index is 1.81. The molecular formula is C26H27F2N3O3S. The van der Waals surface area contributed by atoms with Crippen molar-refractivity contribution in [3.8, 4) is 0 Å². The highest BCUT2D eigenvalue weighted by Crippen LogP contribution is 2.31. The fraction of sp³-hybridized carbons (Fsp3) is 0.346. The van der Waals surface area contributed by atoms with Crippen molar-refractivity contribution in [3.05, 3.63) is 92.9 Å². The van der Waals surface area contributed by atoms with Gasteiger partial charge in [-0.05, 0) is 68.8 Å². The molecule has 1 amide bonds. The highest BCUT2D eigenvalue weighted by molar-refractivity contribution is 7.98. The van der Waals surface area contributed by atoms with Crippen molar-refractivity contribution in [1.29, 1.82) is 0 Å². The van der Waals surface area contributed by atoms with Crippen LogP contribution in [0.2, 0.25) is 0 Å². The van der Waals surface area contributed by atoms with Crippen LogP contribution in [-0.2, 0) is 17.7 Å². The van der Waals surface area contributed by atoms with E-state index in [0.29, 0.717) is 40.5 Å². The summed E-state index contributed by atoms with van der Waals surface area (Å²) >= 11 is 1.30. The first-order valence-corrected chi connectivity index (χ1v) is 12.5. The van der Waals surface area contributed by atoms with E-state index < -0.39 is 29.4 Å². The zero-order valence-electron chi connectivity index (χ0n) is 20.0. The van der Waals surface area contributed by atoms with Crippen LogP contribution in [-0.4, -0.2) is 38.9 Å². The highest BCUT2D eigenvalue weighted by Gasteiger charge is 2.31. The van der Waals surface area contributed by atoms with Gasteiger partial charge in [0.1, 0.15) is 17.2 Å². The Morgan fingerprint density at radius 2 is 1.57 bits per heavy atom. The van der Waals surface area contributed by atoms with Crippen molar-refractivity contribution in [1.82, 2.24) is 14.5 Å². The van der Waals surface area contributed by atoms with Crippen molar-refractivity contribution in [3.63, 3.8) is 0 Å². The van der Waals surface area contributed by atoms with Gasteiger partial charge in [-0.15, -0.1) is 0 Å². The summed E-state index contributed by atoms with van der Waals surface area (Å²) in [7, 11) is 0. The second-order valence-electron chi connectivity index (χ2n) is 9.36. The maximum absolute atomic E-state index is 13.8. The van der Waals surface area contributed by atoms with Crippen LogP contribution in [0.4, 0.5) is 13.6 Å². The van der Waals surface area contributed by atoms with Crippen LogP contribution in [0.1, 0.15) is 49.2 Å². The number of carbonyl (C=O) groups is 1. The molecule has 184 valence electrons. The lowest BCUT2D eigenvalue weighted by molar-refractivity contribution is 0.0219. The summed E-state index contributed by atoms with van der Waals surface area (Å²) in [5.74, 6) is -0.787. The first-order valence-electron chi connectivity index (χ1n) is 11.2. The molecule has 9 heteroatoms. The summed E-state index contributed by atoms with van der Waals surface area (Å²) in [6.07, 6.45) is 1.69. The van der Waals surface area contributed by atoms with E-state index in [1.54, 1.807) is 54.5 Å². The number of aromatic nitrogens is 2. The van der Waals surface area contributed by atoms with E-state index in [0.717, 1.165) is 0 Å². The van der Waals surface area contributed by atoms with E-state index in [1.165, 1.54) is 36.0 Å². The zero-order valence-corrected chi connectivity index (χ0v) is 20.9. The molecule has 1 aromatic heterocycles. The van der Waals surface area contributed by atoms with Gasteiger partial charge in [0.15, 0.2) is 5.16 Å². The predicted octanol–water partition coefficient (Wildman–Crippen LogP) is 5.17. The molecule has 1 aliphatic heterocycles. The van der Waals surface area contributed by atoms with Crippen LogP contribution in [0.5, 0.6) is 0 Å². The highest BCUT2D eigenvalue weighted by atomic mass is 32.2. The maximum atomic E-state index is 13.8. The summed E-state index contributed by atoms with van der Waals surface area (Å²) in [5.41, 5.74) is 1.53. The van der Waals surface area contributed by atoms with Crippen LogP contribution < -0.4 is 5.56 Å². The van der Waals surface area contributed by atoms with Crippen molar-refractivity contribution >= 4 is 17.9 Å². The Morgan fingerprint density at radius 1 is 1.03 bits per heavy atom. The molecule has 4 rings (SSSR count). The molecule has 0 radical (unpaired) electrons. The van der Waals surface area contributed by atoms with Crippen molar-refractivity contribution < 1.29 is 18.3 Å². The van der Waals surface area contributed by atoms with Gasteiger partial charge in [0.05, 0.1) is 18.3 Å². The van der Waals surface area contributed by atoms with Crippen LogP contribution in [0.3, 0.4) is 0 Å². The first kappa shape index (κ1) is 24.9. The number of nitrogens with zero attached hydrogens (tertiary/aromatic N) is 3. The number of ether oxygens (including phenoxy) is 1. The van der Waals surface area contributed by atoms with Gasteiger partial charge >= 0.3 is 6.09 Å². The van der Waals surface area contributed by atoms with Gasteiger partial charge in [-0.1, -0.05) is 36.0 Å². The summed E-state index contributed by atoms with van der Waals surface area (Å²) in [6, 6.07) is 11.2. The third kappa shape index (κ3) is 5.40. The SMILES string of the molecule is CSc1nc2c(c(=O)n1C(c1ccc(F)cc1)c1ccc(F)cc1)CCN(C(=O)OC(C)(C)C)C2. The van der Waals surface area contributed by atoms with Gasteiger partial charge in [-0.25, -0.2) is 18.6 Å². The molecule has 35 heavy (non-hydrogen) atoms. The van der Waals surface area contributed by atoms with Gasteiger partial charge < -0.3 is 9.64 Å². The minimum Gasteiger partial charge on any atom is -0.444 e. The Kier molecular flexibility index (Phi) is 6.98. The quantitative estimate of drug-likeness (QED) is 0.366. The minimum atomic E-state index is -0.632. The molecule has 0 bridgehead atoms. The second-order valence-corrected chi connectivity index (χ2v) is 10.1. The smallest absolute Gasteiger partial charge is 0.410 e. The Labute approximate surface area is 206 Å². The Bertz CT molecular complexity index is 1240. The molecule has 0 saturated heterocycles. The summed E-state index contributed by atoms with van der Waals surface area (Å²) in [5, 5.41) is 0.443. The number of hydrogen-bond donors (Lipinski definition) is 0. The monoisotopic (exact) mass is 499 g/mol. The second kappa shape index (κ2) is 9.81. The predicted molar refractivity (Wildman–Crippen MR) is 131 cm³/mol. The number of fused-ring (bicyclic) bond motifs is 1. The van der Waals surface area contributed by atoms with Gasteiger partial charge in [0, 0.05) is 12.1 Å². The molecule has 3 aromatic rings. The standard InChI is InChI=1S/C26H27F2N3O3S/c1-26(2,3)34-25(33)30-14-13-20-21(15-30)29-24(35-4)31(23(20)32)22(16-5-9-18(27)10-6-16)17-7-11-19(28)12-8-17/h5-12,22H,13-15H2,1-4H3. The van der Waals surface area contributed by atoms with E-state index in [2.05, 4.69) is 0 Å². The lowest BCUT2D eigenvalue weighted by atomic mass is 9.97. The number of hydrogen-bond acceptors (Lipinski definition) is 5. The van der Waals surface area contributed by atoms with Gasteiger partial charge in [0.2, 0.25) is 0 Å². The van der Waals surface area contributed by atoms with Crippen LogP contribution in [0.15, 0.2) is 58.5 Å². The number of amides is 1. The average molecular weight is 500 g/mol. The lowest BCUT2D eigenvalue weighted by Crippen LogP contribution is -2.43. The number of halogens is 2. The van der Waals surface area contributed by atoms with Crippen LogP contribution >= 0.6 is 11.8 Å². The summed E-state index contributed by atoms with van der Waals surface area (Å²) in [6.45, 7) is 5.91. The zero-order chi connectivity index (χ0) is 25.3. The van der Waals surface area contributed by atoms with E-state index >= 15 is 0 Å². The minimum absolute atomic E-state index is 0.172. The fourth-order valence-electron chi connectivity index (χ4n) is 4.12. The molecule has 0 spiro atoms. The molecule has 1 aliphatic rings. The third-order valence-corrected chi connectivity index (χ3v) is 6.35. The fourth-order valence-corrected chi connectivity index (χ4v) is 4.70. The molecule has 0 atom stereocenters. The molecule has 0 saturated carbocycles. The lowest BCUT2D eigenvalue weighted by Gasteiger charge is -2.32. The van der Waals surface area contributed by atoms with Crippen molar-refractivity contribution in [2.75, 3.05) is 12.8 Å². The third-order valence-electron chi connectivity index (χ3n) is 5.70. The van der Waals surface area contributed by atoms with E-state index in [4.69, 9.17) is 9.72 Å². The molecule has 2 heterocycles. The molecule has 0 unspecified atom stereocenters.